The van der Waals surface area contributed by atoms with Crippen LogP contribution in [0.5, 0.6) is 0 Å². The minimum atomic E-state index is 0.655. The molecule has 2 saturated carbocycles. The fraction of sp³-hybridized carbons (Fsp3) is 1.00. The summed E-state index contributed by atoms with van der Waals surface area (Å²) in [6.07, 6.45) is 9.04. The van der Waals surface area contributed by atoms with E-state index in [0.29, 0.717) is 5.41 Å². The summed E-state index contributed by atoms with van der Waals surface area (Å²) >= 11 is 0. The van der Waals surface area contributed by atoms with Crippen molar-refractivity contribution < 1.29 is 0 Å². The van der Waals surface area contributed by atoms with Crippen LogP contribution in [0.3, 0.4) is 0 Å². The van der Waals surface area contributed by atoms with Gasteiger partial charge in [0.15, 0.2) is 0 Å². The molecule has 2 rings (SSSR count). The van der Waals surface area contributed by atoms with E-state index in [1.54, 1.807) is 0 Å². The van der Waals surface area contributed by atoms with Crippen molar-refractivity contribution in [1.29, 1.82) is 0 Å². The van der Waals surface area contributed by atoms with E-state index in [2.05, 4.69) is 20.8 Å². The third-order valence-corrected chi connectivity index (χ3v) is 4.41. The third kappa shape index (κ3) is 2.08. The highest BCUT2D eigenvalue weighted by Gasteiger charge is 2.37. The zero-order valence-corrected chi connectivity index (χ0v) is 9.47. The molecule has 3 atom stereocenters. The zero-order valence-electron chi connectivity index (χ0n) is 9.47. The van der Waals surface area contributed by atoms with Gasteiger partial charge in [-0.1, -0.05) is 27.2 Å². The first-order valence-corrected chi connectivity index (χ1v) is 6.07. The third-order valence-electron chi connectivity index (χ3n) is 4.41. The Morgan fingerprint density at radius 1 is 1.00 bits per heavy atom. The Morgan fingerprint density at radius 2 is 1.77 bits per heavy atom. The fourth-order valence-electron chi connectivity index (χ4n) is 3.57. The highest BCUT2D eigenvalue weighted by atomic mass is 14.4. The quantitative estimate of drug-likeness (QED) is 0.523. The molecule has 2 unspecified atom stereocenters. The second kappa shape index (κ2) is 3.29. The van der Waals surface area contributed by atoms with Crippen LogP contribution < -0.4 is 0 Å². The monoisotopic (exact) mass is 180 g/mol. The van der Waals surface area contributed by atoms with Gasteiger partial charge >= 0.3 is 0 Å². The molecule has 2 fully saturated rings. The smallest absolute Gasteiger partial charge is 0.0351 e. The van der Waals surface area contributed by atoms with E-state index in [0.717, 1.165) is 17.8 Å². The van der Waals surface area contributed by atoms with Crippen molar-refractivity contribution in [2.75, 3.05) is 0 Å². The van der Waals surface area contributed by atoms with Crippen molar-refractivity contribution >= 4 is 0 Å². The van der Waals surface area contributed by atoms with E-state index in [9.17, 15) is 0 Å². The van der Waals surface area contributed by atoms with E-state index in [-0.39, 0.29) is 0 Å². The highest BCUT2D eigenvalue weighted by molar-refractivity contribution is 4.88. The zero-order chi connectivity index (χ0) is 9.47. The molecule has 2 aliphatic rings. The Kier molecular flexibility index (Phi) is 2.42. The molecule has 0 spiro atoms. The molecule has 0 heterocycles. The number of rotatable bonds is 0. The van der Waals surface area contributed by atoms with Crippen LogP contribution in [0, 0.1) is 23.2 Å². The lowest BCUT2D eigenvalue weighted by Gasteiger charge is -2.45. The van der Waals surface area contributed by atoms with Crippen molar-refractivity contribution in [2.24, 2.45) is 23.2 Å². The molecule has 0 aliphatic heterocycles. The minimum Gasteiger partial charge on any atom is -0.0625 e. The van der Waals surface area contributed by atoms with Crippen LogP contribution in [0.1, 0.15) is 59.3 Å². The maximum Gasteiger partial charge on any atom is -0.0351 e. The van der Waals surface area contributed by atoms with Crippen LogP contribution in [-0.4, -0.2) is 0 Å². The number of fused-ring (bicyclic) bond motifs is 1. The topological polar surface area (TPSA) is 0 Å². The highest BCUT2D eigenvalue weighted by Crippen LogP contribution is 2.48. The normalized spacial score (nSPS) is 44.1. The molecule has 0 N–H and O–H groups in total. The maximum atomic E-state index is 2.46. The molecule has 0 nitrogen and oxygen atoms in total. The molecule has 0 amide bonds. The lowest BCUT2D eigenvalue weighted by Crippen LogP contribution is -2.33. The summed E-state index contributed by atoms with van der Waals surface area (Å²) in [7, 11) is 0. The van der Waals surface area contributed by atoms with Crippen molar-refractivity contribution in [1.82, 2.24) is 0 Å². The van der Waals surface area contributed by atoms with Gasteiger partial charge in [-0.2, -0.15) is 0 Å². The SMILES string of the molecule is C[C@H]1CCC2CC(C)(C)CCC2C1. The van der Waals surface area contributed by atoms with Crippen molar-refractivity contribution in [3.63, 3.8) is 0 Å². The van der Waals surface area contributed by atoms with Gasteiger partial charge in [-0.3, -0.25) is 0 Å². The van der Waals surface area contributed by atoms with Crippen LogP contribution in [0.25, 0.3) is 0 Å². The average molecular weight is 180 g/mol. The van der Waals surface area contributed by atoms with Crippen LogP contribution in [-0.2, 0) is 0 Å². The van der Waals surface area contributed by atoms with E-state index >= 15 is 0 Å². The van der Waals surface area contributed by atoms with Gasteiger partial charge in [0.05, 0.1) is 0 Å². The van der Waals surface area contributed by atoms with Gasteiger partial charge in [-0.05, 0) is 55.3 Å². The van der Waals surface area contributed by atoms with Gasteiger partial charge in [0.1, 0.15) is 0 Å². The Balaban J connectivity index is 1.98. The largest absolute Gasteiger partial charge is 0.0625 e. The lowest BCUT2D eigenvalue weighted by molar-refractivity contribution is 0.0649. The first kappa shape index (κ1) is 9.55. The molecule has 0 aromatic rings. The number of hydrogen-bond donors (Lipinski definition) is 0. The van der Waals surface area contributed by atoms with Crippen LogP contribution >= 0.6 is 0 Å². The fourth-order valence-corrected chi connectivity index (χ4v) is 3.57. The molecule has 0 aromatic heterocycles. The van der Waals surface area contributed by atoms with Gasteiger partial charge in [0, 0.05) is 0 Å². The lowest BCUT2D eigenvalue weighted by atomic mass is 9.61. The van der Waals surface area contributed by atoms with Crippen LogP contribution in [0.2, 0.25) is 0 Å². The molecule has 0 heteroatoms. The molecule has 13 heavy (non-hydrogen) atoms. The molecule has 2 aliphatic carbocycles. The van der Waals surface area contributed by atoms with Gasteiger partial charge in [-0.15, -0.1) is 0 Å². The first-order chi connectivity index (χ1) is 6.07. The Morgan fingerprint density at radius 3 is 2.54 bits per heavy atom. The maximum absolute atomic E-state index is 2.46. The Hall–Kier alpha value is 0. The minimum absolute atomic E-state index is 0.655. The molecule has 0 saturated heterocycles. The summed E-state index contributed by atoms with van der Waals surface area (Å²) < 4.78 is 0. The summed E-state index contributed by atoms with van der Waals surface area (Å²) in [5.41, 5.74) is 0.655. The summed E-state index contributed by atoms with van der Waals surface area (Å²) in [4.78, 5) is 0. The summed E-state index contributed by atoms with van der Waals surface area (Å²) in [5.74, 6) is 3.19. The summed E-state index contributed by atoms with van der Waals surface area (Å²) in [6.45, 7) is 7.36. The molecule has 0 bridgehead atoms. The molecule has 0 aromatic carbocycles. The Labute approximate surface area is 83.1 Å². The van der Waals surface area contributed by atoms with Crippen molar-refractivity contribution in [2.45, 2.75) is 59.3 Å². The predicted octanol–water partition coefficient (Wildman–Crippen LogP) is 4.25. The van der Waals surface area contributed by atoms with Gasteiger partial charge in [0.2, 0.25) is 0 Å². The van der Waals surface area contributed by atoms with Crippen molar-refractivity contribution in [3.8, 4) is 0 Å². The number of hydrogen-bond acceptors (Lipinski definition) is 0. The van der Waals surface area contributed by atoms with E-state index in [1.807, 2.05) is 0 Å². The first-order valence-electron chi connectivity index (χ1n) is 6.07. The molecular weight excluding hydrogens is 156 g/mol. The summed E-state index contributed by atoms with van der Waals surface area (Å²) in [6, 6.07) is 0. The van der Waals surface area contributed by atoms with Crippen LogP contribution in [0.15, 0.2) is 0 Å². The summed E-state index contributed by atoms with van der Waals surface area (Å²) in [5, 5.41) is 0. The van der Waals surface area contributed by atoms with Gasteiger partial charge < -0.3 is 0 Å². The molecular formula is C13H24. The van der Waals surface area contributed by atoms with Gasteiger partial charge in [-0.25, -0.2) is 0 Å². The van der Waals surface area contributed by atoms with E-state index < -0.39 is 0 Å². The van der Waals surface area contributed by atoms with Crippen molar-refractivity contribution in [3.05, 3.63) is 0 Å². The van der Waals surface area contributed by atoms with E-state index in [1.165, 1.54) is 38.5 Å². The molecule has 0 radical (unpaired) electrons. The average Bonchev–Trinajstić information content (AvgIpc) is 2.05. The van der Waals surface area contributed by atoms with E-state index in [4.69, 9.17) is 0 Å². The second-order valence-electron chi connectivity index (χ2n) is 6.35. The second-order valence-corrected chi connectivity index (χ2v) is 6.35. The standard InChI is InChI=1S/C13H24/c1-10-4-5-12-9-13(2,3)7-6-11(12)8-10/h10-12H,4-9H2,1-3H3/t10-,11?,12?/m0/s1. The molecule has 76 valence electrons. The van der Waals surface area contributed by atoms with Crippen LogP contribution in [0.4, 0.5) is 0 Å². The predicted molar refractivity (Wildman–Crippen MR) is 57.6 cm³/mol. The van der Waals surface area contributed by atoms with Gasteiger partial charge in [0.25, 0.3) is 0 Å². The Bertz CT molecular complexity index is 180.